The van der Waals surface area contributed by atoms with Gasteiger partial charge in [0.1, 0.15) is 0 Å². The quantitative estimate of drug-likeness (QED) is 0.693. The fourth-order valence-electron chi connectivity index (χ4n) is 2.40. The Hall–Kier alpha value is -1.44. The van der Waals surface area contributed by atoms with Crippen molar-refractivity contribution >= 4 is 5.78 Å². The van der Waals surface area contributed by atoms with E-state index in [1.807, 2.05) is 20.8 Å². The van der Waals surface area contributed by atoms with Crippen molar-refractivity contribution in [3.8, 4) is 0 Å². The van der Waals surface area contributed by atoms with E-state index in [2.05, 4.69) is 31.0 Å². The molecule has 0 saturated heterocycles. The van der Waals surface area contributed by atoms with Crippen LogP contribution in [0.1, 0.15) is 43.6 Å². The highest BCUT2D eigenvalue weighted by Gasteiger charge is 2.13. The normalized spacial score (nSPS) is 18.8. The first kappa shape index (κ1) is 14.6. The van der Waals surface area contributed by atoms with Crippen LogP contribution in [0, 0.1) is 26.7 Å². The summed E-state index contributed by atoms with van der Waals surface area (Å²) in [5.41, 5.74) is 4.73. The standard InChI is InChI=1S/C8H11N.C8H12O/c1-6-4-7(2)9-8(3)5-6;1-6-3-7(2)5-8(9)4-6/h4-5H,1-3H3;4,7H,3,5H2,1-2H3. The molecule has 1 heterocycles. The Morgan fingerprint density at radius 2 is 1.61 bits per heavy atom. The van der Waals surface area contributed by atoms with Crippen LogP contribution in [0.5, 0.6) is 0 Å². The molecule has 0 aliphatic heterocycles. The molecule has 98 valence electrons. The van der Waals surface area contributed by atoms with Gasteiger partial charge in [-0.1, -0.05) is 12.5 Å². The van der Waals surface area contributed by atoms with Crippen molar-refractivity contribution in [2.24, 2.45) is 5.92 Å². The zero-order valence-electron chi connectivity index (χ0n) is 12.1. The molecule has 2 heteroatoms. The number of pyridine rings is 1. The van der Waals surface area contributed by atoms with Gasteiger partial charge < -0.3 is 0 Å². The highest BCUT2D eigenvalue weighted by Crippen LogP contribution is 2.20. The molecule has 1 unspecified atom stereocenters. The fraction of sp³-hybridized carbons (Fsp3) is 0.500. The predicted octanol–water partition coefficient (Wildman–Crippen LogP) is 3.94. The summed E-state index contributed by atoms with van der Waals surface area (Å²) in [6.07, 6.45) is 3.61. The van der Waals surface area contributed by atoms with Crippen LogP contribution < -0.4 is 0 Å². The summed E-state index contributed by atoms with van der Waals surface area (Å²) in [6, 6.07) is 4.15. The summed E-state index contributed by atoms with van der Waals surface area (Å²) in [6.45, 7) is 10.3. The number of carbonyl (C=O) groups is 1. The van der Waals surface area contributed by atoms with Gasteiger partial charge in [-0.3, -0.25) is 9.78 Å². The smallest absolute Gasteiger partial charge is 0.155 e. The van der Waals surface area contributed by atoms with Gasteiger partial charge in [-0.25, -0.2) is 0 Å². The molecule has 1 aliphatic carbocycles. The third-order valence-electron chi connectivity index (χ3n) is 2.85. The summed E-state index contributed by atoms with van der Waals surface area (Å²) in [5, 5.41) is 0. The number of aryl methyl sites for hydroxylation is 3. The van der Waals surface area contributed by atoms with E-state index in [1.54, 1.807) is 6.08 Å². The molecular weight excluding hydrogens is 222 g/mol. The van der Waals surface area contributed by atoms with E-state index >= 15 is 0 Å². The molecule has 0 N–H and O–H groups in total. The van der Waals surface area contributed by atoms with Gasteiger partial charge in [0.05, 0.1) is 0 Å². The van der Waals surface area contributed by atoms with Crippen LogP contribution in [-0.4, -0.2) is 10.8 Å². The predicted molar refractivity (Wildman–Crippen MR) is 75.6 cm³/mol. The Balaban J connectivity index is 0.000000180. The third-order valence-corrected chi connectivity index (χ3v) is 2.85. The summed E-state index contributed by atoms with van der Waals surface area (Å²) in [7, 11) is 0. The largest absolute Gasteiger partial charge is 0.295 e. The van der Waals surface area contributed by atoms with Gasteiger partial charge in [-0.15, -0.1) is 0 Å². The third kappa shape index (κ3) is 5.26. The first-order valence-electron chi connectivity index (χ1n) is 6.48. The number of carbonyl (C=O) groups excluding carboxylic acids is 1. The summed E-state index contributed by atoms with van der Waals surface area (Å²) < 4.78 is 0. The SMILES string of the molecule is CC1=CC(=O)CC(C)C1.Cc1cc(C)nc(C)c1. The van der Waals surface area contributed by atoms with E-state index in [0.29, 0.717) is 11.7 Å². The lowest BCUT2D eigenvalue weighted by molar-refractivity contribution is -0.115. The number of aromatic nitrogens is 1. The molecule has 1 aromatic rings. The monoisotopic (exact) mass is 245 g/mol. The molecule has 0 aromatic carbocycles. The maximum absolute atomic E-state index is 10.8. The van der Waals surface area contributed by atoms with E-state index < -0.39 is 0 Å². The van der Waals surface area contributed by atoms with Crippen molar-refractivity contribution in [1.29, 1.82) is 0 Å². The van der Waals surface area contributed by atoms with Gasteiger partial charge in [0.15, 0.2) is 5.78 Å². The molecule has 1 aliphatic rings. The summed E-state index contributed by atoms with van der Waals surface area (Å²) in [4.78, 5) is 15.0. The van der Waals surface area contributed by atoms with Crippen molar-refractivity contribution in [2.75, 3.05) is 0 Å². The molecule has 1 atom stereocenters. The lowest BCUT2D eigenvalue weighted by Crippen LogP contribution is -2.09. The molecule has 0 bridgehead atoms. The Labute approximate surface area is 110 Å². The molecule has 1 aromatic heterocycles. The minimum absolute atomic E-state index is 0.297. The van der Waals surface area contributed by atoms with Gasteiger partial charge in [0.25, 0.3) is 0 Å². The number of hydrogen-bond donors (Lipinski definition) is 0. The van der Waals surface area contributed by atoms with Crippen LogP contribution in [0.25, 0.3) is 0 Å². The average molecular weight is 245 g/mol. The maximum atomic E-state index is 10.8. The van der Waals surface area contributed by atoms with Gasteiger partial charge >= 0.3 is 0 Å². The van der Waals surface area contributed by atoms with Crippen LogP contribution in [0.3, 0.4) is 0 Å². The number of nitrogens with zero attached hydrogens (tertiary/aromatic N) is 1. The van der Waals surface area contributed by atoms with E-state index in [-0.39, 0.29) is 0 Å². The molecule has 2 rings (SSSR count). The molecule has 0 amide bonds. The van der Waals surface area contributed by atoms with Crippen molar-refractivity contribution in [3.63, 3.8) is 0 Å². The number of ketones is 1. The van der Waals surface area contributed by atoms with Crippen LogP contribution in [0.4, 0.5) is 0 Å². The van der Waals surface area contributed by atoms with Crippen LogP contribution in [-0.2, 0) is 4.79 Å². The minimum Gasteiger partial charge on any atom is -0.295 e. The lowest BCUT2D eigenvalue weighted by Gasteiger charge is -2.14. The van der Waals surface area contributed by atoms with Crippen molar-refractivity contribution in [3.05, 3.63) is 40.7 Å². The van der Waals surface area contributed by atoms with Crippen LogP contribution >= 0.6 is 0 Å². The Bertz CT molecular complexity index is 410. The van der Waals surface area contributed by atoms with E-state index in [9.17, 15) is 4.79 Å². The molecule has 18 heavy (non-hydrogen) atoms. The van der Waals surface area contributed by atoms with E-state index in [0.717, 1.165) is 24.2 Å². The van der Waals surface area contributed by atoms with Gasteiger partial charge in [-0.2, -0.15) is 0 Å². The van der Waals surface area contributed by atoms with Gasteiger partial charge in [-0.05, 0) is 63.8 Å². The molecule has 0 radical (unpaired) electrons. The summed E-state index contributed by atoms with van der Waals surface area (Å²) in [5.74, 6) is 0.869. The van der Waals surface area contributed by atoms with Crippen molar-refractivity contribution in [2.45, 2.75) is 47.5 Å². The zero-order chi connectivity index (χ0) is 13.7. The number of allylic oxidation sites excluding steroid dienone is 2. The van der Waals surface area contributed by atoms with E-state index in [1.165, 1.54) is 11.1 Å². The molecular formula is C16H23NO. The first-order chi connectivity index (χ1) is 8.36. The zero-order valence-corrected chi connectivity index (χ0v) is 12.1. The Morgan fingerprint density at radius 3 is 2.00 bits per heavy atom. The van der Waals surface area contributed by atoms with Crippen LogP contribution in [0.2, 0.25) is 0 Å². The highest BCUT2D eigenvalue weighted by molar-refractivity contribution is 5.91. The van der Waals surface area contributed by atoms with Crippen molar-refractivity contribution in [1.82, 2.24) is 4.98 Å². The van der Waals surface area contributed by atoms with Crippen LogP contribution in [0.15, 0.2) is 23.8 Å². The second kappa shape index (κ2) is 6.48. The van der Waals surface area contributed by atoms with E-state index in [4.69, 9.17) is 0 Å². The Kier molecular flexibility index (Phi) is 5.26. The second-order valence-electron chi connectivity index (χ2n) is 5.40. The first-order valence-corrected chi connectivity index (χ1v) is 6.48. The average Bonchev–Trinajstić information content (AvgIpc) is 2.12. The topological polar surface area (TPSA) is 30.0 Å². The highest BCUT2D eigenvalue weighted by atomic mass is 16.1. The van der Waals surface area contributed by atoms with Gasteiger partial charge in [0, 0.05) is 17.8 Å². The molecule has 0 spiro atoms. The number of hydrogen-bond acceptors (Lipinski definition) is 2. The van der Waals surface area contributed by atoms with Gasteiger partial charge in [0.2, 0.25) is 0 Å². The fourth-order valence-corrected chi connectivity index (χ4v) is 2.40. The molecule has 0 fully saturated rings. The summed E-state index contributed by atoms with van der Waals surface area (Å²) >= 11 is 0. The molecule has 2 nitrogen and oxygen atoms in total. The second-order valence-corrected chi connectivity index (χ2v) is 5.40. The molecule has 0 saturated carbocycles. The van der Waals surface area contributed by atoms with Crippen molar-refractivity contribution < 1.29 is 4.79 Å². The lowest BCUT2D eigenvalue weighted by atomic mass is 9.90. The minimum atomic E-state index is 0.297. The maximum Gasteiger partial charge on any atom is 0.155 e. The Morgan fingerprint density at radius 1 is 1.06 bits per heavy atom. The number of rotatable bonds is 0.